The molecule has 1 aliphatic rings. The van der Waals surface area contributed by atoms with Crippen LogP contribution in [0.25, 0.3) is 5.69 Å². The van der Waals surface area contributed by atoms with Crippen molar-refractivity contribution in [3.05, 3.63) is 89.7 Å². The highest BCUT2D eigenvalue weighted by molar-refractivity contribution is 5.37. The Balaban J connectivity index is 1.51. The zero-order valence-corrected chi connectivity index (χ0v) is 14.6. The second-order valence-corrected chi connectivity index (χ2v) is 6.58. The van der Waals surface area contributed by atoms with Crippen molar-refractivity contribution in [2.45, 2.75) is 18.9 Å². The molecule has 1 atom stereocenters. The molecular weight excluding hydrogens is 353 g/mol. The molecule has 27 heavy (non-hydrogen) atoms. The first-order valence-electron chi connectivity index (χ1n) is 8.76. The predicted octanol–water partition coefficient (Wildman–Crippen LogP) is 5.03. The summed E-state index contributed by atoms with van der Waals surface area (Å²) in [7, 11) is 0. The van der Waals surface area contributed by atoms with Crippen LogP contribution in [0.1, 0.15) is 22.9 Å². The van der Waals surface area contributed by atoms with Crippen LogP contribution >= 0.6 is 0 Å². The average Bonchev–Trinajstić information content (AvgIpc) is 3.31. The fraction of sp³-hybridized carbons (Fsp3) is 0.238. The van der Waals surface area contributed by atoms with Gasteiger partial charge in [0.1, 0.15) is 6.23 Å². The molecule has 1 aromatic heterocycles. The van der Waals surface area contributed by atoms with Crippen LogP contribution in [-0.2, 0) is 17.5 Å². The van der Waals surface area contributed by atoms with E-state index >= 15 is 0 Å². The second-order valence-electron chi connectivity index (χ2n) is 6.58. The van der Waals surface area contributed by atoms with Crippen LogP contribution in [0, 0.1) is 0 Å². The van der Waals surface area contributed by atoms with E-state index in [-0.39, 0.29) is 6.23 Å². The molecular formula is C21H19F3N2O. The molecule has 1 saturated heterocycles. The fourth-order valence-corrected chi connectivity index (χ4v) is 3.33. The molecule has 3 nitrogen and oxygen atoms in total. The smallest absolute Gasteiger partial charge is 0.357 e. The molecule has 0 bridgehead atoms. The zero-order valence-electron chi connectivity index (χ0n) is 14.6. The van der Waals surface area contributed by atoms with Crippen LogP contribution < -0.4 is 0 Å². The molecule has 6 heteroatoms. The molecule has 0 amide bonds. The zero-order chi connectivity index (χ0) is 18.9. The van der Waals surface area contributed by atoms with E-state index in [4.69, 9.17) is 4.74 Å². The molecule has 0 spiro atoms. The van der Waals surface area contributed by atoms with Crippen molar-refractivity contribution in [3.8, 4) is 5.69 Å². The Kier molecular flexibility index (Phi) is 4.76. The first-order chi connectivity index (χ1) is 13.0. The highest BCUT2D eigenvalue weighted by Gasteiger charge is 2.30. The highest BCUT2D eigenvalue weighted by atomic mass is 19.4. The van der Waals surface area contributed by atoms with Gasteiger partial charge in [-0.05, 0) is 35.9 Å². The van der Waals surface area contributed by atoms with Crippen LogP contribution in [0.4, 0.5) is 13.2 Å². The van der Waals surface area contributed by atoms with Crippen molar-refractivity contribution in [1.29, 1.82) is 0 Å². The van der Waals surface area contributed by atoms with Crippen LogP contribution in [0.3, 0.4) is 0 Å². The van der Waals surface area contributed by atoms with E-state index in [9.17, 15) is 13.2 Å². The van der Waals surface area contributed by atoms with Gasteiger partial charge in [-0.25, -0.2) is 0 Å². The molecule has 0 N–H and O–H groups in total. The molecule has 0 unspecified atom stereocenters. The molecule has 4 rings (SSSR count). The summed E-state index contributed by atoms with van der Waals surface area (Å²) >= 11 is 0. The van der Waals surface area contributed by atoms with Gasteiger partial charge in [-0.3, -0.25) is 4.90 Å². The number of nitrogens with zero attached hydrogens (tertiary/aromatic N) is 2. The lowest BCUT2D eigenvalue weighted by Gasteiger charge is -2.22. The average molecular weight is 372 g/mol. The third kappa shape index (κ3) is 3.91. The Morgan fingerprint density at radius 2 is 1.70 bits per heavy atom. The van der Waals surface area contributed by atoms with Gasteiger partial charge in [-0.15, -0.1) is 0 Å². The van der Waals surface area contributed by atoms with Crippen LogP contribution in [0.5, 0.6) is 0 Å². The predicted molar refractivity (Wildman–Crippen MR) is 96.3 cm³/mol. The summed E-state index contributed by atoms with van der Waals surface area (Å²) in [5.41, 5.74) is 2.24. The highest BCUT2D eigenvalue weighted by Crippen LogP contribution is 2.31. The van der Waals surface area contributed by atoms with Crippen LogP contribution in [0.2, 0.25) is 0 Å². The lowest BCUT2D eigenvalue weighted by Crippen LogP contribution is -2.23. The van der Waals surface area contributed by atoms with Gasteiger partial charge in [-0.2, -0.15) is 13.2 Å². The Bertz CT molecular complexity index is 888. The van der Waals surface area contributed by atoms with Crippen molar-refractivity contribution in [2.75, 3.05) is 13.2 Å². The van der Waals surface area contributed by atoms with Gasteiger partial charge in [0.2, 0.25) is 0 Å². The van der Waals surface area contributed by atoms with Gasteiger partial charge in [0.15, 0.2) is 0 Å². The number of benzene rings is 2. The first kappa shape index (κ1) is 17.8. The van der Waals surface area contributed by atoms with Gasteiger partial charge >= 0.3 is 6.18 Å². The fourth-order valence-electron chi connectivity index (χ4n) is 3.33. The van der Waals surface area contributed by atoms with Gasteiger partial charge in [0, 0.05) is 36.7 Å². The van der Waals surface area contributed by atoms with E-state index in [0.29, 0.717) is 12.3 Å². The van der Waals surface area contributed by atoms with Gasteiger partial charge in [0.25, 0.3) is 0 Å². The lowest BCUT2D eigenvalue weighted by molar-refractivity contribution is -0.137. The minimum absolute atomic E-state index is 0.152. The molecule has 0 radical (unpaired) electrons. The quantitative estimate of drug-likeness (QED) is 0.639. The van der Waals surface area contributed by atoms with Crippen molar-refractivity contribution >= 4 is 0 Å². The Morgan fingerprint density at radius 3 is 2.41 bits per heavy atom. The summed E-state index contributed by atoms with van der Waals surface area (Å²) in [5, 5.41) is 0. The number of halogens is 3. The summed E-state index contributed by atoms with van der Waals surface area (Å²) in [5.74, 6) is 0. The summed E-state index contributed by atoms with van der Waals surface area (Å²) in [4.78, 5) is 2.25. The van der Waals surface area contributed by atoms with Crippen molar-refractivity contribution in [2.24, 2.45) is 0 Å². The van der Waals surface area contributed by atoms with Gasteiger partial charge in [-0.1, -0.05) is 30.3 Å². The summed E-state index contributed by atoms with van der Waals surface area (Å²) in [6.07, 6.45) is -0.715. The number of ether oxygens (including phenoxy) is 1. The molecule has 2 heterocycles. The molecule has 2 aromatic carbocycles. The van der Waals surface area contributed by atoms with E-state index in [1.165, 1.54) is 17.7 Å². The Labute approximate surface area is 155 Å². The lowest BCUT2D eigenvalue weighted by atomic mass is 10.2. The van der Waals surface area contributed by atoms with Crippen LogP contribution in [-0.4, -0.2) is 22.6 Å². The number of rotatable bonds is 4. The minimum atomic E-state index is -4.32. The standard InChI is InChI=1S/C21H19F3N2O/c22-21(23,24)18-6-8-19(9-7-18)25-11-10-17(15-25)20-26(12-13-27-20)14-16-4-2-1-3-5-16/h1-11,15,20H,12-14H2/t20-/m0/s1. The van der Waals surface area contributed by atoms with Crippen LogP contribution in [0.15, 0.2) is 73.1 Å². The third-order valence-corrected chi connectivity index (χ3v) is 4.71. The maximum Gasteiger partial charge on any atom is 0.416 e. The van der Waals surface area contributed by atoms with E-state index in [0.717, 1.165) is 30.8 Å². The maximum atomic E-state index is 12.7. The molecule has 3 aromatic rings. The number of hydrogen-bond acceptors (Lipinski definition) is 2. The molecule has 140 valence electrons. The minimum Gasteiger partial charge on any atom is -0.357 e. The monoisotopic (exact) mass is 372 g/mol. The normalized spacial score (nSPS) is 18.1. The van der Waals surface area contributed by atoms with Gasteiger partial charge in [0.05, 0.1) is 12.2 Å². The molecule has 0 aliphatic carbocycles. The van der Waals surface area contributed by atoms with Crippen molar-refractivity contribution in [3.63, 3.8) is 0 Å². The second kappa shape index (κ2) is 7.21. The van der Waals surface area contributed by atoms with E-state index in [2.05, 4.69) is 17.0 Å². The number of hydrogen-bond donors (Lipinski definition) is 0. The maximum absolute atomic E-state index is 12.7. The van der Waals surface area contributed by atoms with E-state index < -0.39 is 11.7 Å². The Morgan fingerprint density at radius 1 is 0.963 bits per heavy atom. The van der Waals surface area contributed by atoms with Crippen molar-refractivity contribution in [1.82, 2.24) is 9.47 Å². The SMILES string of the molecule is FC(F)(F)c1ccc(-n2ccc([C@@H]3OCCN3Cc3ccccc3)c2)cc1. The number of alkyl halides is 3. The largest absolute Gasteiger partial charge is 0.416 e. The summed E-state index contributed by atoms with van der Waals surface area (Å²) in [6, 6.07) is 17.3. The van der Waals surface area contributed by atoms with E-state index in [1.807, 2.05) is 41.2 Å². The van der Waals surface area contributed by atoms with Crippen molar-refractivity contribution < 1.29 is 17.9 Å². The summed E-state index contributed by atoms with van der Waals surface area (Å²) < 4.78 is 45.9. The molecule has 1 fully saturated rings. The first-order valence-corrected chi connectivity index (χ1v) is 8.76. The molecule has 1 aliphatic heterocycles. The topological polar surface area (TPSA) is 17.4 Å². The van der Waals surface area contributed by atoms with Gasteiger partial charge < -0.3 is 9.30 Å². The summed E-state index contributed by atoms with van der Waals surface area (Å²) in [6.45, 7) is 2.28. The number of aromatic nitrogens is 1. The Hall–Kier alpha value is -2.57. The van der Waals surface area contributed by atoms with E-state index in [1.54, 1.807) is 0 Å². The third-order valence-electron chi connectivity index (χ3n) is 4.71. The molecule has 0 saturated carbocycles.